The fourth-order valence-electron chi connectivity index (χ4n) is 11.8. The van der Waals surface area contributed by atoms with E-state index in [4.69, 9.17) is 48.5 Å². The van der Waals surface area contributed by atoms with Crippen LogP contribution in [0.5, 0.6) is 0 Å². The first-order valence-electron chi connectivity index (χ1n) is 25.9. The van der Waals surface area contributed by atoms with Crippen molar-refractivity contribution in [3.63, 3.8) is 0 Å². The molecular weight excluding hydrogens is 961 g/mol. The van der Waals surface area contributed by atoms with E-state index < -0.39 is 125 Å². The van der Waals surface area contributed by atoms with Crippen molar-refractivity contribution in [3.05, 3.63) is 41.7 Å². The van der Waals surface area contributed by atoms with Crippen LogP contribution >= 0.6 is 0 Å². The van der Waals surface area contributed by atoms with Gasteiger partial charge in [-0.15, -0.1) is 5.10 Å². The third-order valence-electron chi connectivity index (χ3n) is 16.3. The molecule has 10 unspecified atom stereocenters. The lowest BCUT2D eigenvalue weighted by molar-refractivity contribution is -0.319. The van der Waals surface area contributed by atoms with Gasteiger partial charge in [-0.3, -0.25) is 14.4 Å². The van der Waals surface area contributed by atoms with Gasteiger partial charge in [-0.25, -0.2) is 9.48 Å². The monoisotopic (exact) mass is 1040 g/mol. The minimum Gasteiger partial charge on any atom is -0.458 e. The van der Waals surface area contributed by atoms with E-state index in [1.54, 1.807) is 66.3 Å². The molecule has 1 aromatic carbocycles. The Balaban J connectivity index is 1.36. The summed E-state index contributed by atoms with van der Waals surface area (Å²) in [6, 6.07) is 7.36. The van der Waals surface area contributed by atoms with Gasteiger partial charge in [0, 0.05) is 56.8 Å². The lowest BCUT2D eigenvalue weighted by Gasteiger charge is -2.50. The average molecular weight is 1040 g/mol. The van der Waals surface area contributed by atoms with Crippen molar-refractivity contribution in [2.75, 3.05) is 28.3 Å². The first-order valence-corrected chi connectivity index (χ1v) is 25.9. The number of Topliss-reactive ketones (excluding diaryl/α,β-unsaturated/α-hetero) is 1. The van der Waals surface area contributed by atoms with E-state index in [1.807, 2.05) is 64.0 Å². The molecule has 1 aromatic heterocycles. The van der Waals surface area contributed by atoms with Crippen LogP contribution in [0.2, 0.25) is 0 Å². The number of esters is 2. The minimum atomic E-state index is -1.66. The van der Waals surface area contributed by atoms with Gasteiger partial charge in [0.05, 0.1) is 65.5 Å². The maximum atomic E-state index is 15.2. The number of nitrogens with two attached hydrogens (primary N) is 1. The number of hydrogen-bond acceptors (Lipinski definition) is 19. The smallest absolute Gasteiger partial charge is 0.335 e. The Morgan fingerprint density at radius 1 is 0.959 bits per heavy atom. The van der Waals surface area contributed by atoms with E-state index in [1.165, 1.54) is 14.2 Å². The number of nitrogens with zero attached hydrogens (tertiary/aromatic N) is 5. The first-order chi connectivity index (χ1) is 34.7. The predicted octanol–water partition coefficient (Wildman–Crippen LogP) is 4.21. The standard InChI is InChI=1S/C53H82N6O15/c1-16-37-53(11)41(40(49(65)73-53)47(54)56-74-38(60)21-20-34-26-59(57-55-34)35-19-17-18-27(2)22-35)30(5)42(61)28(3)24-52(10,67-15)46(72-50-43(62)36(58(12)13)23-29(4)68-50)31(6)44(32(7)48(64)70-37)71-39-25-51(9,66-14)45(63)33(8)69-39/h17-19,22,26,28-33,36-37,39-41,43-46,50,62-63H,16,20-21,23-25H2,1-15H3,(H2,54,56)/t28-,29?,30-,31+,32-,33?,36?,37-,39?,40?,41?,43?,44+,45?,46-,50?,51?,52+,53-/m1/s1. The second-order valence-corrected chi connectivity index (χ2v) is 22.0. The molecule has 4 saturated heterocycles. The highest BCUT2D eigenvalue weighted by atomic mass is 16.7. The molecule has 0 radical (unpaired) electrons. The molecule has 4 aliphatic heterocycles. The number of benzene rings is 1. The summed E-state index contributed by atoms with van der Waals surface area (Å²) in [7, 11) is 6.72. The summed E-state index contributed by atoms with van der Waals surface area (Å²) >= 11 is 0. The van der Waals surface area contributed by atoms with Crippen LogP contribution < -0.4 is 5.73 Å². The van der Waals surface area contributed by atoms with Crippen molar-refractivity contribution in [1.29, 1.82) is 0 Å². The lowest BCUT2D eigenvalue weighted by Crippen LogP contribution is -2.61. The van der Waals surface area contributed by atoms with Crippen LogP contribution in [0.1, 0.15) is 113 Å². The summed E-state index contributed by atoms with van der Waals surface area (Å²) in [6.45, 7) is 19.4. The maximum Gasteiger partial charge on any atom is 0.335 e. The zero-order valence-electron chi connectivity index (χ0n) is 45.9. The quantitative estimate of drug-likeness (QED) is 0.0786. The Morgan fingerprint density at radius 3 is 2.28 bits per heavy atom. The molecule has 0 saturated carbocycles. The Bertz CT molecular complexity index is 2320. The molecule has 4 fully saturated rings. The molecule has 74 heavy (non-hydrogen) atoms. The number of likely N-dealkylation sites (N-methyl/N-ethyl adjacent to an activating group) is 1. The predicted molar refractivity (Wildman–Crippen MR) is 268 cm³/mol. The highest BCUT2D eigenvalue weighted by Gasteiger charge is 2.63. The van der Waals surface area contributed by atoms with Gasteiger partial charge in [-0.1, -0.05) is 50.2 Å². The first kappa shape index (κ1) is 58.8. The molecule has 5 heterocycles. The molecule has 0 aliphatic carbocycles. The topological polar surface area (TPSA) is 264 Å². The molecule has 0 spiro atoms. The SMILES string of the molecule is CC[C@H]1OC(=O)[C@H](C)[C@@H](OC2CC(C)(OC)C(O)C(C)O2)[C@H](C)[C@@H](OC2OC(C)CC(N(C)C)C2O)[C@@](C)(OC)C[C@@H](C)C(=O)[C@H](C)C2C(/C(N)=N\OC(=O)CCc3cn(-c4cccc(C)c4)nn3)C(=O)O[C@@]21C. The highest BCUT2D eigenvalue weighted by molar-refractivity contribution is 6.03. The number of carbonyl (C=O) groups excluding carboxylic acids is 4. The number of aliphatic hydroxyl groups excluding tert-OH is 2. The average Bonchev–Trinajstić information content (AvgIpc) is 3.95. The van der Waals surface area contributed by atoms with Gasteiger partial charge in [0.2, 0.25) is 0 Å². The van der Waals surface area contributed by atoms with Gasteiger partial charge in [0.15, 0.2) is 24.0 Å². The van der Waals surface area contributed by atoms with E-state index >= 15 is 4.79 Å². The second-order valence-electron chi connectivity index (χ2n) is 22.0. The van der Waals surface area contributed by atoms with Gasteiger partial charge in [0.25, 0.3) is 0 Å². The Hall–Kier alpha value is -4.45. The van der Waals surface area contributed by atoms with Crippen molar-refractivity contribution in [3.8, 4) is 5.69 Å². The highest BCUT2D eigenvalue weighted by Crippen LogP contribution is 2.49. The molecule has 6 rings (SSSR count). The number of aliphatic hydroxyl groups is 2. The summed E-state index contributed by atoms with van der Waals surface area (Å²) in [4.78, 5) is 64.8. The third kappa shape index (κ3) is 12.4. The van der Waals surface area contributed by atoms with Crippen LogP contribution in [-0.4, -0.2) is 166 Å². The number of methoxy groups -OCH3 is 2. The number of carbonyl (C=O) groups is 4. The molecule has 4 N–H and O–H groups in total. The number of aryl methyl sites for hydroxylation is 2. The molecule has 414 valence electrons. The second kappa shape index (κ2) is 23.8. The number of amidine groups is 1. The molecule has 21 heteroatoms. The fraction of sp³-hybridized carbons (Fsp3) is 0.755. The number of cyclic esters (lactones) is 1. The molecular formula is C53H82N6O15. The van der Waals surface area contributed by atoms with Crippen molar-refractivity contribution in [1.82, 2.24) is 19.9 Å². The van der Waals surface area contributed by atoms with Gasteiger partial charge in [-0.05, 0) is 99.5 Å². The summed E-state index contributed by atoms with van der Waals surface area (Å²) in [5.74, 6) is -9.27. The lowest BCUT2D eigenvalue weighted by atomic mass is 9.67. The van der Waals surface area contributed by atoms with E-state index in [9.17, 15) is 24.6 Å². The Labute approximate surface area is 435 Å². The van der Waals surface area contributed by atoms with Crippen LogP contribution in [0.3, 0.4) is 0 Å². The molecule has 0 bridgehead atoms. The van der Waals surface area contributed by atoms with E-state index in [0.29, 0.717) is 12.1 Å². The summed E-state index contributed by atoms with van der Waals surface area (Å²) in [5.41, 5.74) is 4.87. The van der Waals surface area contributed by atoms with Crippen LogP contribution in [0.4, 0.5) is 0 Å². The Morgan fingerprint density at radius 2 is 1.65 bits per heavy atom. The maximum absolute atomic E-state index is 15.2. The van der Waals surface area contributed by atoms with Crippen molar-refractivity contribution < 1.29 is 72.1 Å². The van der Waals surface area contributed by atoms with Crippen molar-refractivity contribution in [2.45, 2.75) is 193 Å². The zero-order chi connectivity index (χ0) is 54.8. The van der Waals surface area contributed by atoms with Crippen LogP contribution in [-0.2, 0) is 68.3 Å². The largest absolute Gasteiger partial charge is 0.458 e. The van der Waals surface area contributed by atoms with Gasteiger partial charge < -0.3 is 63.6 Å². The number of ketones is 1. The van der Waals surface area contributed by atoms with E-state index in [0.717, 1.165) is 11.3 Å². The van der Waals surface area contributed by atoms with Gasteiger partial charge >= 0.3 is 17.9 Å². The Kier molecular flexibility index (Phi) is 18.9. The fourth-order valence-corrected chi connectivity index (χ4v) is 11.8. The summed E-state index contributed by atoms with van der Waals surface area (Å²) < 4.78 is 53.0. The molecule has 21 nitrogen and oxygen atoms in total. The number of rotatable bonds is 14. The van der Waals surface area contributed by atoms with Crippen LogP contribution in [0.15, 0.2) is 35.6 Å². The third-order valence-corrected chi connectivity index (χ3v) is 16.3. The summed E-state index contributed by atoms with van der Waals surface area (Å²) in [5, 5.41) is 35.3. The molecule has 2 aromatic rings. The number of hydrogen-bond donors (Lipinski definition) is 3. The molecule has 19 atom stereocenters. The van der Waals surface area contributed by atoms with E-state index in [2.05, 4.69) is 15.5 Å². The zero-order valence-corrected chi connectivity index (χ0v) is 45.9. The number of oxime groups is 1. The number of ether oxygens (including phenoxy) is 8. The van der Waals surface area contributed by atoms with Crippen LogP contribution in [0.25, 0.3) is 5.69 Å². The summed E-state index contributed by atoms with van der Waals surface area (Å²) in [6.07, 6.45) is -6.16. The minimum absolute atomic E-state index is 0.0354. The number of aromatic nitrogens is 3. The van der Waals surface area contributed by atoms with Gasteiger partial charge in [-0.2, -0.15) is 0 Å². The molecule has 0 amide bonds. The number of fused-ring (bicyclic) bond motifs is 1. The van der Waals surface area contributed by atoms with Crippen LogP contribution in [0, 0.1) is 42.4 Å². The normalized spacial score (nSPS) is 39.8. The van der Waals surface area contributed by atoms with Crippen molar-refractivity contribution in [2.24, 2.45) is 46.4 Å². The van der Waals surface area contributed by atoms with Crippen molar-refractivity contribution >= 4 is 29.5 Å². The molecule has 4 aliphatic rings. The van der Waals surface area contributed by atoms with E-state index in [-0.39, 0.29) is 50.0 Å². The van der Waals surface area contributed by atoms with Gasteiger partial charge in [0.1, 0.15) is 30.0 Å².